The molecule has 0 spiro atoms. The van der Waals surface area contributed by atoms with Crippen LogP contribution in [-0.2, 0) is 0 Å². The van der Waals surface area contributed by atoms with Gasteiger partial charge in [0, 0.05) is 25.9 Å². The van der Waals surface area contributed by atoms with Crippen molar-refractivity contribution in [3.8, 4) is 0 Å². The molecule has 18 heavy (non-hydrogen) atoms. The molecule has 0 aromatic heterocycles. The molecular formula is C13H14F3NO. The minimum Gasteiger partial charge on any atom is -0.338 e. The van der Waals surface area contributed by atoms with Crippen LogP contribution in [0.2, 0.25) is 0 Å². The van der Waals surface area contributed by atoms with Gasteiger partial charge in [-0.15, -0.1) is 0 Å². The Hall–Kier alpha value is -1.52. The second kappa shape index (κ2) is 4.63. The van der Waals surface area contributed by atoms with Gasteiger partial charge in [-0.05, 0) is 19.1 Å². The zero-order chi connectivity index (χ0) is 13.3. The van der Waals surface area contributed by atoms with Crippen molar-refractivity contribution in [3.05, 3.63) is 35.1 Å². The van der Waals surface area contributed by atoms with Gasteiger partial charge in [0.2, 0.25) is 0 Å². The van der Waals surface area contributed by atoms with Gasteiger partial charge in [-0.25, -0.2) is 13.2 Å². The van der Waals surface area contributed by atoms with Gasteiger partial charge in [0.25, 0.3) is 11.8 Å². The van der Waals surface area contributed by atoms with Crippen molar-refractivity contribution >= 4 is 5.91 Å². The normalized spacial score (nSPS) is 18.8. The number of aryl methyl sites for hydroxylation is 1. The molecule has 0 bridgehead atoms. The predicted molar refractivity (Wildman–Crippen MR) is 61.2 cm³/mol. The topological polar surface area (TPSA) is 20.3 Å². The highest BCUT2D eigenvalue weighted by molar-refractivity contribution is 5.94. The lowest BCUT2D eigenvalue weighted by Crippen LogP contribution is -2.43. The maximum atomic E-state index is 13.5. The Morgan fingerprint density at radius 1 is 1.28 bits per heavy atom. The monoisotopic (exact) mass is 257 g/mol. The van der Waals surface area contributed by atoms with E-state index in [4.69, 9.17) is 0 Å². The lowest BCUT2D eigenvalue weighted by Gasteiger charge is -2.31. The summed E-state index contributed by atoms with van der Waals surface area (Å²) in [7, 11) is 0. The maximum Gasteiger partial charge on any atom is 0.256 e. The number of rotatable bonds is 1. The van der Waals surface area contributed by atoms with Gasteiger partial charge < -0.3 is 4.90 Å². The summed E-state index contributed by atoms with van der Waals surface area (Å²) in [4.78, 5) is 13.3. The first-order valence-corrected chi connectivity index (χ1v) is 5.82. The number of hydrogen-bond donors (Lipinski definition) is 0. The number of alkyl halides is 2. The van der Waals surface area contributed by atoms with Gasteiger partial charge in [-0.1, -0.05) is 11.6 Å². The molecule has 1 aromatic carbocycles. The molecular weight excluding hydrogens is 243 g/mol. The highest BCUT2D eigenvalue weighted by Gasteiger charge is 2.36. The first-order valence-electron chi connectivity index (χ1n) is 5.82. The fourth-order valence-corrected chi connectivity index (χ4v) is 2.01. The van der Waals surface area contributed by atoms with Crippen molar-refractivity contribution in [2.75, 3.05) is 13.1 Å². The van der Waals surface area contributed by atoms with Crippen molar-refractivity contribution in [2.45, 2.75) is 25.7 Å². The van der Waals surface area contributed by atoms with E-state index in [1.807, 2.05) is 0 Å². The molecule has 0 atom stereocenters. The van der Waals surface area contributed by atoms with Crippen molar-refractivity contribution in [1.82, 2.24) is 4.90 Å². The minimum absolute atomic E-state index is 0.0286. The molecule has 0 saturated carbocycles. The van der Waals surface area contributed by atoms with Crippen LogP contribution >= 0.6 is 0 Å². The van der Waals surface area contributed by atoms with E-state index < -0.39 is 17.6 Å². The highest BCUT2D eigenvalue weighted by atomic mass is 19.3. The number of halogens is 3. The van der Waals surface area contributed by atoms with Gasteiger partial charge in [0.1, 0.15) is 5.82 Å². The van der Waals surface area contributed by atoms with Crippen molar-refractivity contribution < 1.29 is 18.0 Å². The van der Waals surface area contributed by atoms with Gasteiger partial charge in [0.05, 0.1) is 5.56 Å². The van der Waals surface area contributed by atoms with E-state index in [-0.39, 0.29) is 31.5 Å². The predicted octanol–water partition coefficient (Wildman–Crippen LogP) is 3.01. The number of benzene rings is 1. The maximum absolute atomic E-state index is 13.5. The smallest absolute Gasteiger partial charge is 0.256 e. The van der Waals surface area contributed by atoms with Crippen LogP contribution in [0.25, 0.3) is 0 Å². The summed E-state index contributed by atoms with van der Waals surface area (Å²) >= 11 is 0. The molecule has 1 aromatic rings. The summed E-state index contributed by atoms with van der Waals surface area (Å²) in [6.07, 6.45) is -0.710. The van der Waals surface area contributed by atoms with Crippen LogP contribution in [0.4, 0.5) is 13.2 Å². The van der Waals surface area contributed by atoms with Crippen molar-refractivity contribution in [1.29, 1.82) is 0 Å². The van der Waals surface area contributed by atoms with Gasteiger partial charge in [-0.3, -0.25) is 4.79 Å². The second-order valence-electron chi connectivity index (χ2n) is 4.63. The molecule has 1 aliphatic rings. The zero-order valence-corrected chi connectivity index (χ0v) is 10.0. The molecule has 0 unspecified atom stereocenters. The number of amides is 1. The van der Waals surface area contributed by atoms with Crippen LogP contribution in [0, 0.1) is 12.7 Å². The molecule has 98 valence electrons. The molecule has 2 rings (SSSR count). The third-order valence-electron chi connectivity index (χ3n) is 3.13. The number of likely N-dealkylation sites (tertiary alicyclic amines) is 1. The quantitative estimate of drug-likeness (QED) is 0.757. The van der Waals surface area contributed by atoms with Gasteiger partial charge in [-0.2, -0.15) is 0 Å². The molecule has 1 amide bonds. The number of piperidine rings is 1. The SMILES string of the molecule is Cc1ccc(F)c(C(=O)N2CCC(F)(F)CC2)c1. The van der Waals surface area contributed by atoms with E-state index in [2.05, 4.69) is 0 Å². The largest absolute Gasteiger partial charge is 0.338 e. The van der Waals surface area contributed by atoms with Crippen molar-refractivity contribution in [3.63, 3.8) is 0 Å². The first kappa shape index (κ1) is 12.9. The summed E-state index contributed by atoms with van der Waals surface area (Å²) < 4.78 is 39.5. The Morgan fingerprint density at radius 2 is 1.89 bits per heavy atom. The zero-order valence-electron chi connectivity index (χ0n) is 10.0. The molecule has 5 heteroatoms. The number of carbonyl (C=O) groups is 1. The molecule has 0 aliphatic carbocycles. The van der Waals surface area contributed by atoms with Gasteiger partial charge in [0.15, 0.2) is 0 Å². The van der Waals surface area contributed by atoms with E-state index in [0.29, 0.717) is 0 Å². The molecule has 1 fully saturated rings. The molecule has 0 radical (unpaired) electrons. The summed E-state index contributed by atoms with van der Waals surface area (Å²) in [6.45, 7) is 1.69. The van der Waals surface area contributed by atoms with E-state index in [9.17, 15) is 18.0 Å². The average molecular weight is 257 g/mol. The highest BCUT2D eigenvalue weighted by Crippen LogP contribution is 2.28. The van der Waals surface area contributed by atoms with Crippen LogP contribution in [0.15, 0.2) is 18.2 Å². The van der Waals surface area contributed by atoms with Crippen LogP contribution in [0.5, 0.6) is 0 Å². The number of nitrogens with zero attached hydrogens (tertiary/aromatic N) is 1. The number of hydrogen-bond acceptors (Lipinski definition) is 1. The minimum atomic E-state index is -2.71. The Balaban J connectivity index is 2.15. The second-order valence-corrected chi connectivity index (χ2v) is 4.63. The standard InChI is InChI=1S/C13H14F3NO/c1-9-2-3-11(14)10(8-9)12(18)17-6-4-13(15,16)5-7-17/h2-3,8H,4-7H2,1H3. The molecule has 0 N–H and O–H groups in total. The Labute approximate surface area is 103 Å². The van der Waals surface area contributed by atoms with Crippen LogP contribution in [0.3, 0.4) is 0 Å². The van der Waals surface area contributed by atoms with E-state index >= 15 is 0 Å². The molecule has 1 heterocycles. The first-order chi connectivity index (χ1) is 8.39. The summed E-state index contributed by atoms with van der Waals surface area (Å²) in [6, 6.07) is 4.24. The fourth-order valence-electron chi connectivity index (χ4n) is 2.01. The Bertz CT molecular complexity index is 463. The Morgan fingerprint density at radius 3 is 2.50 bits per heavy atom. The van der Waals surface area contributed by atoms with Crippen LogP contribution in [-0.4, -0.2) is 29.8 Å². The molecule has 2 nitrogen and oxygen atoms in total. The van der Waals surface area contributed by atoms with E-state index in [1.165, 1.54) is 17.0 Å². The lowest BCUT2D eigenvalue weighted by molar-refractivity contribution is -0.0494. The molecule has 1 saturated heterocycles. The summed E-state index contributed by atoms with van der Waals surface area (Å²) in [5.74, 6) is -3.82. The fraction of sp³-hybridized carbons (Fsp3) is 0.462. The average Bonchev–Trinajstić information content (AvgIpc) is 2.31. The summed E-state index contributed by atoms with van der Waals surface area (Å²) in [5.41, 5.74) is 0.724. The lowest BCUT2D eigenvalue weighted by atomic mass is 10.0. The third kappa shape index (κ3) is 2.66. The van der Waals surface area contributed by atoms with E-state index in [0.717, 1.165) is 5.56 Å². The van der Waals surface area contributed by atoms with Gasteiger partial charge >= 0.3 is 0 Å². The van der Waals surface area contributed by atoms with Crippen LogP contribution in [0.1, 0.15) is 28.8 Å². The third-order valence-corrected chi connectivity index (χ3v) is 3.13. The van der Waals surface area contributed by atoms with Crippen LogP contribution < -0.4 is 0 Å². The van der Waals surface area contributed by atoms with E-state index in [1.54, 1.807) is 13.0 Å². The summed E-state index contributed by atoms with van der Waals surface area (Å²) in [5, 5.41) is 0. The Kier molecular flexibility index (Phi) is 3.32. The molecule has 1 aliphatic heterocycles. The van der Waals surface area contributed by atoms with Crippen molar-refractivity contribution in [2.24, 2.45) is 0 Å². The number of carbonyl (C=O) groups excluding carboxylic acids is 1.